The van der Waals surface area contributed by atoms with Crippen molar-refractivity contribution in [1.29, 1.82) is 0 Å². The zero-order valence-electron chi connectivity index (χ0n) is 28.2. The highest BCUT2D eigenvalue weighted by Gasteiger charge is 2.42. The van der Waals surface area contributed by atoms with Gasteiger partial charge in [0.1, 0.15) is 12.1 Å². The predicted octanol–water partition coefficient (Wildman–Crippen LogP) is -0.717. The van der Waals surface area contributed by atoms with Crippen molar-refractivity contribution in [2.45, 2.75) is 69.8 Å². The SMILES string of the molecule is N[C@@H](CCCCNC(=O)CCNC(=O)[C@H](CCNC(=O)c1cc2c(c(C(F)(F)F)c1)COB2O)NC(=O)c1cc2c(c(C(F)(F)F)c1)COB2O)C(=O)O. The lowest BCUT2D eigenvalue weighted by Crippen LogP contribution is -2.49. The summed E-state index contributed by atoms with van der Waals surface area (Å²) in [6.45, 7) is -1.70. The number of nitrogens with one attached hydrogen (secondary N) is 4. The van der Waals surface area contributed by atoms with E-state index in [4.69, 9.17) is 20.1 Å². The molecule has 2 aromatic carbocycles. The molecule has 4 rings (SSSR count). The second-order valence-electron chi connectivity index (χ2n) is 12.4. The van der Waals surface area contributed by atoms with E-state index in [1.54, 1.807) is 0 Å². The third-order valence-electron chi connectivity index (χ3n) is 8.58. The van der Waals surface area contributed by atoms with Gasteiger partial charge in [0.15, 0.2) is 0 Å². The minimum atomic E-state index is -4.95. The molecule has 292 valence electrons. The van der Waals surface area contributed by atoms with Crippen molar-refractivity contribution < 1.29 is 74.8 Å². The lowest BCUT2D eigenvalue weighted by Gasteiger charge is -2.20. The fourth-order valence-electron chi connectivity index (χ4n) is 5.72. The van der Waals surface area contributed by atoms with Crippen molar-refractivity contribution in [3.05, 3.63) is 57.6 Å². The molecule has 0 aromatic heterocycles. The number of benzene rings is 2. The number of amides is 4. The lowest BCUT2D eigenvalue weighted by atomic mass is 9.77. The fourth-order valence-corrected chi connectivity index (χ4v) is 5.72. The maximum absolute atomic E-state index is 13.8. The Kier molecular flexibility index (Phi) is 13.7. The summed E-state index contributed by atoms with van der Waals surface area (Å²) in [5.41, 5.74) is 0.527. The topological polar surface area (TPSA) is 239 Å². The average molecular weight is 773 g/mol. The van der Waals surface area contributed by atoms with Gasteiger partial charge in [0.05, 0.1) is 24.3 Å². The summed E-state index contributed by atoms with van der Waals surface area (Å²) in [5.74, 6) is -4.86. The highest BCUT2D eigenvalue weighted by Crippen LogP contribution is 2.35. The maximum atomic E-state index is 13.8. The minimum absolute atomic E-state index is 0.179. The van der Waals surface area contributed by atoms with Crippen molar-refractivity contribution in [3.8, 4) is 0 Å². The third kappa shape index (κ3) is 10.7. The van der Waals surface area contributed by atoms with Gasteiger partial charge in [-0.2, -0.15) is 26.3 Å². The zero-order valence-corrected chi connectivity index (χ0v) is 28.2. The van der Waals surface area contributed by atoms with E-state index < -0.39 is 117 Å². The molecule has 23 heteroatoms. The zero-order chi connectivity index (χ0) is 40.0. The molecular formula is C31H35B2F6N5O10. The van der Waals surface area contributed by atoms with Crippen molar-refractivity contribution in [3.63, 3.8) is 0 Å². The van der Waals surface area contributed by atoms with Gasteiger partial charge in [-0.1, -0.05) is 0 Å². The molecule has 4 amide bonds. The summed E-state index contributed by atoms with van der Waals surface area (Å²) in [5, 5.41) is 38.3. The van der Waals surface area contributed by atoms with E-state index in [1.807, 2.05) is 0 Å². The van der Waals surface area contributed by atoms with Crippen LogP contribution in [0.1, 0.15) is 75.1 Å². The number of carbonyl (C=O) groups is 5. The van der Waals surface area contributed by atoms with Crippen LogP contribution in [-0.4, -0.2) is 90.7 Å². The number of carboxylic acids is 1. The van der Waals surface area contributed by atoms with Crippen molar-refractivity contribution in [2.24, 2.45) is 5.73 Å². The van der Waals surface area contributed by atoms with E-state index in [2.05, 4.69) is 21.3 Å². The molecule has 2 aliphatic rings. The van der Waals surface area contributed by atoms with E-state index in [0.29, 0.717) is 25.0 Å². The third-order valence-corrected chi connectivity index (χ3v) is 8.58. The molecule has 0 aliphatic carbocycles. The maximum Gasteiger partial charge on any atom is 0.491 e. The monoisotopic (exact) mass is 773 g/mol. The molecular weight excluding hydrogens is 738 g/mol. The molecule has 2 aromatic rings. The number of unbranched alkanes of at least 4 members (excludes halogenated alkanes) is 1. The van der Waals surface area contributed by atoms with Crippen LogP contribution < -0.4 is 37.9 Å². The Bertz CT molecular complexity index is 1770. The normalized spacial score (nSPS) is 14.9. The van der Waals surface area contributed by atoms with Crippen LogP contribution in [0.15, 0.2) is 24.3 Å². The smallest absolute Gasteiger partial charge is 0.480 e. The molecule has 0 saturated heterocycles. The number of aliphatic carboxylic acids is 1. The van der Waals surface area contributed by atoms with Crippen LogP contribution in [0.5, 0.6) is 0 Å². The van der Waals surface area contributed by atoms with Crippen molar-refractivity contribution in [2.75, 3.05) is 19.6 Å². The van der Waals surface area contributed by atoms with Gasteiger partial charge < -0.3 is 51.5 Å². The molecule has 0 bridgehead atoms. The Hall–Kier alpha value is -4.70. The highest BCUT2D eigenvalue weighted by molar-refractivity contribution is 6.62. The van der Waals surface area contributed by atoms with Crippen LogP contribution in [0.3, 0.4) is 0 Å². The average Bonchev–Trinajstić information content (AvgIpc) is 3.66. The number of carbonyl (C=O) groups excluding carboxylic acids is 4. The Morgan fingerprint density at radius 1 is 0.741 bits per heavy atom. The Balaban J connectivity index is 1.44. The van der Waals surface area contributed by atoms with E-state index in [0.717, 1.165) is 12.1 Å². The fraction of sp³-hybridized carbons (Fsp3) is 0.452. The van der Waals surface area contributed by atoms with Gasteiger partial charge in [-0.25, -0.2) is 0 Å². The lowest BCUT2D eigenvalue weighted by molar-refractivity contribution is -0.139. The van der Waals surface area contributed by atoms with Gasteiger partial charge in [0, 0.05) is 37.2 Å². The van der Waals surface area contributed by atoms with Gasteiger partial charge in [0.25, 0.3) is 11.8 Å². The Labute approximate surface area is 303 Å². The quantitative estimate of drug-likeness (QED) is 0.0602. The molecule has 15 nitrogen and oxygen atoms in total. The summed E-state index contributed by atoms with van der Waals surface area (Å²) in [7, 11) is -3.48. The van der Waals surface area contributed by atoms with Gasteiger partial charge in [-0.3, -0.25) is 24.0 Å². The molecule has 54 heavy (non-hydrogen) atoms. The van der Waals surface area contributed by atoms with E-state index in [9.17, 15) is 60.4 Å². The molecule has 9 N–H and O–H groups in total. The van der Waals surface area contributed by atoms with Crippen LogP contribution >= 0.6 is 0 Å². The minimum Gasteiger partial charge on any atom is -0.480 e. The summed E-state index contributed by atoms with van der Waals surface area (Å²) < 4.78 is 92.4. The molecule has 2 heterocycles. The number of fused-ring (bicyclic) bond motifs is 2. The first-order chi connectivity index (χ1) is 25.3. The van der Waals surface area contributed by atoms with E-state index in [1.165, 1.54) is 0 Å². The van der Waals surface area contributed by atoms with Crippen molar-refractivity contribution >= 4 is 54.8 Å². The van der Waals surface area contributed by atoms with E-state index >= 15 is 0 Å². The van der Waals surface area contributed by atoms with Crippen LogP contribution in [0.25, 0.3) is 0 Å². The number of carboxylic acid groups (broad SMARTS) is 1. The molecule has 2 aliphatic heterocycles. The van der Waals surface area contributed by atoms with Crippen LogP contribution in [0.4, 0.5) is 26.3 Å². The summed E-state index contributed by atoms with van der Waals surface area (Å²) in [4.78, 5) is 62.4. The first-order valence-electron chi connectivity index (χ1n) is 16.5. The van der Waals surface area contributed by atoms with Crippen molar-refractivity contribution in [1.82, 2.24) is 21.3 Å². The number of nitrogens with two attached hydrogens (primary N) is 1. The van der Waals surface area contributed by atoms with Gasteiger partial charge in [-0.15, -0.1) is 0 Å². The first-order valence-corrected chi connectivity index (χ1v) is 16.5. The highest BCUT2D eigenvalue weighted by atomic mass is 19.4. The van der Waals surface area contributed by atoms with Crippen LogP contribution in [-0.2, 0) is 49.3 Å². The number of hydrogen-bond donors (Lipinski definition) is 8. The Morgan fingerprint density at radius 2 is 1.28 bits per heavy atom. The van der Waals surface area contributed by atoms with Gasteiger partial charge in [0.2, 0.25) is 11.8 Å². The summed E-state index contributed by atoms with van der Waals surface area (Å²) in [6, 6.07) is 0.405. The second kappa shape index (κ2) is 17.6. The largest absolute Gasteiger partial charge is 0.491 e. The predicted molar refractivity (Wildman–Crippen MR) is 176 cm³/mol. The number of alkyl halides is 6. The van der Waals surface area contributed by atoms with E-state index in [-0.39, 0.29) is 48.0 Å². The number of rotatable bonds is 16. The Morgan fingerprint density at radius 3 is 1.80 bits per heavy atom. The van der Waals surface area contributed by atoms with Crippen LogP contribution in [0.2, 0.25) is 0 Å². The summed E-state index contributed by atoms with van der Waals surface area (Å²) in [6.07, 6.45) is -9.55. The number of hydrogen-bond acceptors (Lipinski definition) is 10. The van der Waals surface area contributed by atoms with Gasteiger partial charge in [-0.05, 0) is 72.0 Å². The molecule has 0 radical (unpaired) electrons. The second-order valence-corrected chi connectivity index (χ2v) is 12.4. The molecule has 0 spiro atoms. The molecule has 0 unspecified atom stereocenters. The molecule has 0 fully saturated rings. The molecule has 0 saturated carbocycles. The van der Waals surface area contributed by atoms with Gasteiger partial charge >= 0.3 is 32.6 Å². The molecule has 2 atom stereocenters. The summed E-state index contributed by atoms with van der Waals surface area (Å²) >= 11 is 0. The number of halogens is 6. The standard InChI is InChI=1S/C31H35B2F6N5O10/c34-30(35,36)19-9-15(11-21-17(19)13-53-32(21)51)26(46)42-7-4-24(28(48)43-8-5-25(45)41-6-2-1-3-23(40)29(49)50)44-27(47)16-10-20(31(37,38)39)18-14-54-33(52)22(18)12-16/h9-12,23-24,51-52H,1-8,13-14,40H2,(H,41,45)(H,42,46)(H,43,48)(H,44,47)(H,49,50)/t23-,24-/m0/s1. The van der Waals surface area contributed by atoms with Crippen LogP contribution in [0, 0.1) is 0 Å². The first kappa shape index (κ1) is 42.0.